The Morgan fingerprint density at radius 1 is 1.38 bits per heavy atom. The maximum atomic E-state index is 13.4. The van der Waals surface area contributed by atoms with Crippen LogP contribution in [0.1, 0.15) is 23.9 Å². The zero-order chi connectivity index (χ0) is 15.6. The normalized spacial score (nSPS) is 12.2. The summed E-state index contributed by atoms with van der Waals surface area (Å²) in [4.78, 5) is 16.3. The van der Waals surface area contributed by atoms with Gasteiger partial charge in [-0.15, -0.1) is 0 Å². The van der Waals surface area contributed by atoms with Crippen molar-refractivity contribution in [2.45, 2.75) is 38.2 Å². The minimum atomic E-state index is -0.396. The SMILES string of the molecule is Cc1ccc(NC(=O)C(C)Sc2nc(C)c(C)o2)cc1F. The summed E-state index contributed by atoms with van der Waals surface area (Å²) in [7, 11) is 0. The highest BCUT2D eigenvalue weighted by molar-refractivity contribution is 8.00. The number of nitrogens with one attached hydrogen (secondary N) is 1. The molecule has 1 atom stereocenters. The highest BCUT2D eigenvalue weighted by Gasteiger charge is 2.18. The number of hydrogen-bond donors (Lipinski definition) is 1. The van der Waals surface area contributed by atoms with Crippen LogP contribution in [0.4, 0.5) is 10.1 Å². The fraction of sp³-hybridized carbons (Fsp3) is 0.333. The lowest BCUT2D eigenvalue weighted by Crippen LogP contribution is -2.22. The average Bonchev–Trinajstić information content (AvgIpc) is 2.72. The Morgan fingerprint density at radius 2 is 2.10 bits per heavy atom. The fourth-order valence-electron chi connectivity index (χ4n) is 1.61. The summed E-state index contributed by atoms with van der Waals surface area (Å²) >= 11 is 1.23. The molecule has 112 valence electrons. The van der Waals surface area contributed by atoms with Crippen molar-refractivity contribution in [3.8, 4) is 0 Å². The lowest BCUT2D eigenvalue weighted by atomic mass is 10.2. The number of hydrogen-bond acceptors (Lipinski definition) is 4. The maximum absolute atomic E-state index is 13.4. The van der Waals surface area contributed by atoms with Gasteiger partial charge in [-0.2, -0.15) is 0 Å². The molecule has 2 aromatic rings. The molecule has 2 rings (SSSR count). The molecule has 0 radical (unpaired) electrons. The van der Waals surface area contributed by atoms with E-state index in [1.54, 1.807) is 26.0 Å². The molecule has 1 unspecified atom stereocenters. The Labute approximate surface area is 127 Å². The Kier molecular flexibility index (Phi) is 4.67. The Bertz CT molecular complexity index is 650. The molecule has 0 aliphatic rings. The second kappa shape index (κ2) is 6.30. The van der Waals surface area contributed by atoms with Crippen molar-refractivity contribution in [2.24, 2.45) is 0 Å². The number of benzene rings is 1. The summed E-state index contributed by atoms with van der Waals surface area (Å²) in [5.74, 6) is 0.175. The summed E-state index contributed by atoms with van der Waals surface area (Å²) in [5, 5.41) is 2.75. The Morgan fingerprint density at radius 3 is 2.67 bits per heavy atom. The Balaban J connectivity index is 2.00. The number of carbonyl (C=O) groups excluding carboxylic acids is 1. The number of aryl methyl sites for hydroxylation is 3. The summed E-state index contributed by atoms with van der Waals surface area (Å²) in [6.45, 7) is 7.10. The minimum Gasteiger partial charge on any atom is -0.437 e. The van der Waals surface area contributed by atoms with Crippen molar-refractivity contribution in [2.75, 3.05) is 5.32 Å². The van der Waals surface area contributed by atoms with E-state index in [-0.39, 0.29) is 11.7 Å². The van der Waals surface area contributed by atoms with Crippen molar-refractivity contribution in [1.82, 2.24) is 4.98 Å². The number of carbonyl (C=O) groups is 1. The van der Waals surface area contributed by atoms with E-state index >= 15 is 0 Å². The summed E-state index contributed by atoms with van der Waals surface area (Å²) in [6, 6.07) is 4.61. The van der Waals surface area contributed by atoms with Crippen LogP contribution in [0.3, 0.4) is 0 Å². The summed E-state index contributed by atoms with van der Waals surface area (Å²) < 4.78 is 18.9. The highest BCUT2D eigenvalue weighted by atomic mass is 32.2. The minimum absolute atomic E-state index is 0.225. The molecule has 0 aliphatic carbocycles. The summed E-state index contributed by atoms with van der Waals surface area (Å²) in [5.41, 5.74) is 1.79. The molecular weight excluding hydrogens is 291 g/mol. The molecule has 1 heterocycles. The number of amides is 1. The first-order valence-electron chi connectivity index (χ1n) is 6.54. The van der Waals surface area contributed by atoms with Crippen LogP contribution >= 0.6 is 11.8 Å². The lowest BCUT2D eigenvalue weighted by molar-refractivity contribution is -0.115. The number of aromatic nitrogens is 1. The second-order valence-electron chi connectivity index (χ2n) is 4.83. The van der Waals surface area contributed by atoms with E-state index < -0.39 is 5.25 Å². The van der Waals surface area contributed by atoms with Crippen molar-refractivity contribution < 1.29 is 13.6 Å². The van der Waals surface area contributed by atoms with E-state index in [0.717, 1.165) is 11.5 Å². The van der Waals surface area contributed by atoms with E-state index in [2.05, 4.69) is 10.3 Å². The van der Waals surface area contributed by atoms with Crippen LogP contribution in [0, 0.1) is 26.6 Å². The smallest absolute Gasteiger partial charge is 0.256 e. The van der Waals surface area contributed by atoms with Crippen LogP contribution in [-0.4, -0.2) is 16.1 Å². The topological polar surface area (TPSA) is 55.1 Å². The first kappa shape index (κ1) is 15.6. The number of nitrogens with zero attached hydrogens (tertiary/aromatic N) is 1. The maximum Gasteiger partial charge on any atom is 0.256 e. The number of halogens is 1. The molecular formula is C15H17FN2O2S. The predicted molar refractivity (Wildman–Crippen MR) is 81.1 cm³/mol. The van der Waals surface area contributed by atoms with E-state index in [1.807, 2.05) is 13.8 Å². The van der Waals surface area contributed by atoms with Gasteiger partial charge in [-0.3, -0.25) is 4.79 Å². The molecule has 4 nitrogen and oxygen atoms in total. The second-order valence-corrected chi connectivity index (χ2v) is 6.13. The van der Waals surface area contributed by atoms with E-state index in [0.29, 0.717) is 16.5 Å². The van der Waals surface area contributed by atoms with Crippen molar-refractivity contribution in [3.63, 3.8) is 0 Å². The molecule has 1 aromatic heterocycles. The van der Waals surface area contributed by atoms with Gasteiger partial charge in [-0.05, 0) is 45.4 Å². The standard InChI is InChI=1S/C15H17FN2O2S/c1-8-5-6-12(7-13(8)16)18-14(19)11(4)21-15-17-9(2)10(3)20-15/h5-7,11H,1-4H3,(H,18,19). The summed E-state index contributed by atoms with van der Waals surface area (Å²) in [6.07, 6.45) is 0. The number of rotatable bonds is 4. The molecule has 6 heteroatoms. The number of oxazole rings is 1. The highest BCUT2D eigenvalue weighted by Crippen LogP contribution is 2.25. The van der Waals surface area contributed by atoms with Crippen molar-refractivity contribution in [3.05, 3.63) is 41.0 Å². The first-order chi connectivity index (χ1) is 9.86. The molecule has 0 bridgehead atoms. The van der Waals surface area contributed by atoms with Crippen LogP contribution in [-0.2, 0) is 4.79 Å². The number of anilines is 1. The third kappa shape index (κ3) is 3.85. The molecule has 21 heavy (non-hydrogen) atoms. The molecule has 0 aliphatic heterocycles. The van der Waals surface area contributed by atoms with Gasteiger partial charge in [0.15, 0.2) is 0 Å². The molecule has 1 amide bonds. The molecule has 0 fully saturated rings. The largest absolute Gasteiger partial charge is 0.437 e. The van der Waals surface area contributed by atoms with Gasteiger partial charge in [0.25, 0.3) is 5.22 Å². The van der Waals surface area contributed by atoms with Crippen LogP contribution in [0.2, 0.25) is 0 Å². The zero-order valence-electron chi connectivity index (χ0n) is 12.4. The molecule has 1 N–H and O–H groups in total. The zero-order valence-corrected chi connectivity index (χ0v) is 13.2. The first-order valence-corrected chi connectivity index (χ1v) is 7.42. The van der Waals surface area contributed by atoms with Gasteiger partial charge in [0.2, 0.25) is 5.91 Å². The van der Waals surface area contributed by atoms with Gasteiger partial charge in [0.1, 0.15) is 11.6 Å². The number of thioether (sulfide) groups is 1. The van der Waals surface area contributed by atoms with Gasteiger partial charge in [0, 0.05) is 5.69 Å². The van der Waals surface area contributed by atoms with Gasteiger partial charge in [0.05, 0.1) is 10.9 Å². The van der Waals surface area contributed by atoms with E-state index in [4.69, 9.17) is 4.42 Å². The molecule has 1 aromatic carbocycles. The third-order valence-electron chi connectivity index (χ3n) is 3.10. The van der Waals surface area contributed by atoms with Gasteiger partial charge >= 0.3 is 0 Å². The fourth-order valence-corrected chi connectivity index (χ4v) is 2.44. The van der Waals surface area contributed by atoms with Crippen LogP contribution in [0.5, 0.6) is 0 Å². The van der Waals surface area contributed by atoms with Gasteiger partial charge < -0.3 is 9.73 Å². The van der Waals surface area contributed by atoms with Crippen molar-refractivity contribution >= 4 is 23.4 Å². The monoisotopic (exact) mass is 308 g/mol. The Hall–Kier alpha value is -1.82. The predicted octanol–water partition coefficient (Wildman–Crippen LogP) is 3.86. The third-order valence-corrected chi connectivity index (χ3v) is 4.04. The lowest BCUT2D eigenvalue weighted by Gasteiger charge is -2.10. The van der Waals surface area contributed by atoms with Gasteiger partial charge in [-0.1, -0.05) is 17.8 Å². The van der Waals surface area contributed by atoms with Crippen molar-refractivity contribution in [1.29, 1.82) is 0 Å². The average molecular weight is 308 g/mol. The quantitative estimate of drug-likeness (QED) is 0.871. The molecule has 0 saturated carbocycles. The molecule has 0 saturated heterocycles. The van der Waals surface area contributed by atoms with E-state index in [9.17, 15) is 9.18 Å². The van der Waals surface area contributed by atoms with Gasteiger partial charge in [-0.25, -0.2) is 9.37 Å². The van der Waals surface area contributed by atoms with E-state index in [1.165, 1.54) is 17.8 Å². The molecule has 0 spiro atoms. The van der Waals surface area contributed by atoms with Crippen LogP contribution < -0.4 is 5.32 Å². The van der Waals surface area contributed by atoms with Crippen LogP contribution in [0.25, 0.3) is 0 Å². The van der Waals surface area contributed by atoms with Crippen LogP contribution in [0.15, 0.2) is 27.8 Å².